The lowest BCUT2D eigenvalue weighted by Crippen LogP contribution is -2.25. The van der Waals surface area contributed by atoms with Crippen molar-refractivity contribution in [3.05, 3.63) is 65.9 Å². The van der Waals surface area contributed by atoms with Gasteiger partial charge in [0.25, 0.3) is 0 Å². The quantitative estimate of drug-likeness (QED) is 0.608. The Morgan fingerprint density at radius 1 is 0.815 bits per heavy atom. The summed E-state index contributed by atoms with van der Waals surface area (Å²) < 4.78 is 5.86. The van der Waals surface area contributed by atoms with Crippen LogP contribution in [-0.4, -0.2) is 41.1 Å². The molecule has 4 nitrogen and oxygen atoms in total. The number of hydrogen-bond donors (Lipinski definition) is 0. The first-order valence-corrected chi connectivity index (χ1v) is 9.69. The molecule has 0 spiro atoms. The van der Waals surface area contributed by atoms with Crippen LogP contribution in [0.3, 0.4) is 0 Å². The minimum absolute atomic E-state index is 0.714. The zero-order valence-electron chi connectivity index (χ0n) is 15.1. The summed E-state index contributed by atoms with van der Waals surface area (Å²) in [6.45, 7) is 4.13. The Balaban J connectivity index is 1.37. The number of benzene rings is 2. The summed E-state index contributed by atoms with van der Waals surface area (Å²) >= 11 is 5.93. The highest BCUT2D eigenvalue weighted by Gasteiger charge is 2.10. The van der Waals surface area contributed by atoms with Gasteiger partial charge in [0.2, 0.25) is 0 Å². The molecule has 138 valence electrons. The highest BCUT2D eigenvalue weighted by atomic mass is 35.5. The van der Waals surface area contributed by atoms with E-state index < -0.39 is 0 Å². The van der Waals surface area contributed by atoms with Gasteiger partial charge in [-0.1, -0.05) is 23.7 Å². The summed E-state index contributed by atoms with van der Waals surface area (Å²) in [6.07, 6.45) is 6.21. The molecule has 0 aliphatic carbocycles. The molecule has 1 aliphatic rings. The van der Waals surface area contributed by atoms with E-state index in [2.05, 4.69) is 14.9 Å². The second-order valence-corrected chi connectivity index (χ2v) is 7.15. The molecule has 0 bridgehead atoms. The van der Waals surface area contributed by atoms with Crippen LogP contribution in [0.4, 0.5) is 0 Å². The van der Waals surface area contributed by atoms with Crippen LogP contribution in [-0.2, 0) is 0 Å². The normalized spacial score (nSPS) is 14.4. The first kappa shape index (κ1) is 18.0. The molecule has 1 saturated heterocycles. The number of aromatic nitrogens is 2. The first-order valence-electron chi connectivity index (χ1n) is 9.31. The Labute approximate surface area is 164 Å². The third-order valence-corrected chi connectivity index (χ3v) is 5.07. The van der Waals surface area contributed by atoms with Crippen LogP contribution in [0, 0.1) is 0 Å². The van der Waals surface area contributed by atoms with E-state index in [1.807, 2.05) is 48.5 Å². The molecule has 0 saturated carbocycles. The van der Waals surface area contributed by atoms with Gasteiger partial charge in [-0.05, 0) is 62.3 Å². The van der Waals surface area contributed by atoms with Crippen LogP contribution in [0.15, 0.2) is 60.9 Å². The summed E-state index contributed by atoms with van der Waals surface area (Å²) in [5.74, 6) is 0.892. The highest BCUT2D eigenvalue weighted by Crippen LogP contribution is 2.23. The molecule has 0 unspecified atom stereocenters. The molecule has 2 heterocycles. The van der Waals surface area contributed by atoms with Crippen molar-refractivity contribution in [1.82, 2.24) is 14.9 Å². The van der Waals surface area contributed by atoms with E-state index in [0.29, 0.717) is 5.02 Å². The van der Waals surface area contributed by atoms with Gasteiger partial charge in [0, 0.05) is 22.7 Å². The van der Waals surface area contributed by atoms with Crippen molar-refractivity contribution < 1.29 is 4.74 Å². The molecule has 1 fully saturated rings. The summed E-state index contributed by atoms with van der Waals surface area (Å²) in [7, 11) is 0. The van der Waals surface area contributed by atoms with Gasteiger partial charge in [0.05, 0.1) is 23.8 Å². The van der Waals surface area contributed by atoms with E-state index in [4.69, 9.17) is 16.3 Å². The molecular formula is C22H22ClN3O. The monoisotopic (exact) mass is 379 g/mol. The Kier molecular flexibility index (Phi) is 5.66. The van der Waals surface area contributed by atoms with Gasteiger partial charge in [0.1, 0.15) is 12.4 Å². The molecule has 5 heteroatoms. The standard InChI is InChI=1S/C22H22ClN3O/c23-19-7-3-17(4-8-19)21-15-25-22(16-24-21)18-5-9-20(10-6-18)27-14-13-26-11-1-2-12-26/h3-10,15-16H,1-2,11-14H2. The summed E-state index contributed by atoms with van der Waals surface area (Å²) in [4.78, 5) is 11.5. The van der Waals surface area contributed by atoms with Gasteiger partial charge >= 0.3 is 0 Å². The zero-order chi connectivity index (χ0) is 18.5. The zero-order valence-corrected chi connectivity index (χ0v) is 15.9. The molecule has 27 heavy (non-hydrogen) atoms. The molecule has 4 rings (SSSR count). The number of hydrogen-bond acceptors (Lipinski definition) is 4. The van der Waals surface area contributed by atoms with Crippen molar-refractivity contribution in [2.45, 2.75) is 12.8 Å². The largest absolute Gasteiger partial charge is 0.492 e. The van der Waals surface area contributed by atoms with E-state index in [9.17, 15) is 0 Å². The Bertz CT molecular complexity index is 858. The lowest BCUT2D eigenvalue weighted by atomic mass is 10.1. The molecule has 1 aromatic heterocycles. The number of nitrogens with zero attached hydrogens (tertiary/aromatic N) is 3. The third-order valence-electron chi connectivity index (χ3n) is 4.82. The average molecular weight is 380 g/mol. The van der Waals surface area contributed by atoms with Crippen molar-refractivity contribution in [2.24, 2.45) is 0 Å². The number of rotatable bonds is 6. The second-order valence-electron chi connectivity index (χ2n) is 6.72. The van der Waals surface area contributed by atoms with Crippen LogP contribution >= 0.6 is 11.6 Å². The maximum Gasteiger partial charge on any atom is 0.119 e. The highest BCUT2D eigenvalue weighted by molar-refractivity contribution is 6.30. The summed E-state index contributed by atoms with van der Waals surface area (Å²) in [6, 6.07) is 15.6. The van der Waals surface area contributed by atoms with Gasteiger partial charge in [-0.3, -0.25) is 14.9 Å². The fraction of sp³-hybridized carbons (Fsp3) is 0.273. The van der Waals surface area contributed by atoms with Crippen molar-refractivity contribution >= 4 is 11.6 Å². The molecule has 1 aliphatic heterocycles. The van der Waals surface area contributed by atoms with Crippen LogP contribution in [0.25, 0.3) is 22.5 Å². The lowest BCUT2D eigenvalue weighted by Gasteiger charge is -2.15. The predicted molar refractivity (Wildman–Crippen MR) is 109 cm³/mol. The second kappa shape index (κ2) is 8.51. The minimum atomic E-state index is 0.714. The Morgan fingerprint density at radius 3 is 1.93 bits per heavy atom. The van der Waals surface area contributed by atoms with Crippen LogP contribution < -0.4 is 4.74 Å². The number of likely N-dealkylation sites (tertiary alicyclic amines) is 1. The molecule has 0 atom stereocenters. The van der Waals surface area contributed by atoms with Crippen molar-refractivity contribution in [2.75, 3.05) is 26.2 Å². The molecule has 0 amide bonds. The summed E-state index contributed by atoms with van der Waals surface area (Å²) in [5, 5.41) is 0.714. The van der Waals surface area contributed by atoms with Gasteiger partial charge in [-0.2, -0.15) is 0 Å². The van der Waals surface area contributed by atoms with E-state index in [0.717, 1.165) is 41.4 Å². The first-order chi connectivity index (χ1) is 13.3. The molecule has 0 N–H and O–H groups in total. The number of ether oxygens (including phenoxy) is 1. The molecule has 3 aromatic rings. The summed E-state index contributed by atoms with van der Waals surface area (Å²) in [5.41, 5.74) is 3.70. The van der Waals surface area contributed by atoms with E-state index in [1.165, 1.54) is 25.9 Å². The molecule has 2 aromatic carbocycles. The molecular weight excluding hydrogens is 358 g/mol. The van der Waals surface area contributed by atoms with Crippen LogP contribution in [0.1, 0.15) is 12.8 Å². The van der Waals surface area contributed by atoms with Crippen molar-refractivity contribution in [3.63, 3.8) is 0 Å². The fourth-order valence-electron chi connectivity index (χ4n) is 3.27. The SMILES string of the molecule is Clc1ccc(-c2cnc(-c3ccc(OCCN4CCCC4)cc3)cn2)cc1. The Hall–Kier alpha value is -2.43. The van der Waals surface area contributed by atoms with Crippen LogP contribution in [0.5, 0.6) is 5.75 Å². The van der Waals surface area contributed by atoms with E-state index in [-0.39, 0.29) is 0 Å². The fourth-order valence-corrected chi connectivity index (χ4v) is 3.39. The smallest absolute Gasteiger partial charge is 0.119 e. The van der Waals surface area contributed by atoms with Gasteiger partial charge in [-0.25, -0.2) is 0 Å². The minimum Gasteiger partial charge on any atom is -0.492 e. The maximum absolute atomic E-state index is 5.93. The third kappa shape index (κ3) is 4.65. The van der Waals surface area contributed by atoms with Gasteiger partial charge in [0.15, 0.2) is 0 Å². The average Bonchev–Trinajstić information content (AvgIpc) is 3.23. The van der Waals surface area contributed by atoms with Crippen molar-refractivity contribution in [3.8, 4) is 28.3 Å². The van der Waals surface area contributed by atoms with E-state index >= 15 is 0 Å². The number of halogens is 1. The van der Waals surface area contributed by atoms with Crippen molar-refractivity contribution in [1.29, 1.82) is 0 Å². The van der Waals surface area contributed by atoms with Gasteiger partial charge in [-0.15, -0.1) is 0 Å². The maximum atomic E-state index is 5.93. The topological polar surface area (TPSA) is 38.2 Å². The Morgan fingerprint density at radius 2 is 1.37 bits per heavy atom. The van der Waals surface area contributed by atoms with E-state index in [1.54, 1.807) is 12.4 Å². The molecule has 0 radical (unpaired) electrons. The lowest BCUT2D eigenvalue weighted by molar-refractivity contribution is 0.238. The van der Waals surface area contributed by atoms with Crippen LogP contribution in [0.2, 0.25) is 5.02 Å². The predicted octanol–water partition coefficient (Wildman–Crippen LogP) is 4.94. The van der Waals surface area contributed by atoms with Gasteiger partial charge < -0.3 is 4.74 Å².